The zero-order valence-electron chi connectivity index (χ0n) is 6.55. The highest BCUT2D eigenvalue weighted by Crippen LogP contribution is 2.07. The molecule has 0 unspecified atom stereocenters. The third-order valence-corrected chi connectivity index (χ3v) is 2.35. The van der Waals surface area contributed by atoms with E-state index in [4.69, 9.17) is 0 Å². The Morgan fingerprint density at radius 1 is 1.64 bits per heavy atom. The molecule has 0 aromatic carbocycles. The van der Waals surface area contributed by atoms with Crippen LogP contribution in [0.15, 0.2) is 30.2 Å². The molecule has 1 heterocycles. The van der Waals surface area contributed by atoms with Crippen LogP contribution in [0.2, 0.25) is 0 Å². The average Bonchev–Trinajstić information content (AvgIpc) is 2.50. The van der Waals surface area contributed by atoms with E-state index in [-0.39, 0.29) is 0 Å². The van der Waals surface area contributed by atoms with Crippen LogP contribution in [-0.4, -0.2) is 13.1 Å². The molecule has 0 amide bonds. The van der Waals surface area contributed by atoms with Gasteiger partial charge in [-0.1, -0.05) is 12.1 Å². The molecule has 0 aliphatic rings. The van der Waals surface area contributed by atoms with Crippen LogP contribution in [0.5, 0.6) is 0 Å². The van der Waals surface area contributed by atoms with Crippen molar-refractivity contribution in [3.63, 3.8) is 0 Å². The first-order valence-corrected chi connectivity index (χ1v) is 4.65. The van der Waals surface area contributed by atoms with Gasteiger partial charge in [-0.25, -0.2) is 0 Å². The summed E-state index contributed by atoms with van der Waals surface area (Å²) in [6.45, 7) is 5.59. The number of nitrogens with one attached hydrogen (secondary N) is 1. The smallest absolute Gasteiger partial charge is 0.0132 e. The van der Waals surface area contributed by atoms with Crippen LogP contribution < -0.4 is 5.32 Å². The molecule has 1 aromatic heterocycles. The highest BCUT2D eigenvalue weighted by molar-refractivity contribution is 7.09. The van der Waals surface area contributed by atoms with Crippen LogP contribution in [0.4, 0.5) is 0 Å². The molecule has 1 N–H and O–H groups in total. The molecule has 0 atom stereocenters. The fraction of sp³-hybridized carbons (Fsp3) is 0.333. The van der Waals surface area contributed by atoms with Crippen molar-refractivity contribution in [2.45, 2.75) is 6.42 Å². The fourth-order valence-electron chi connectivity index (χ4n) is 0.871. The topological polar surface area (TPSA) is 12.0 Å². The Morgan fingerprint density at radius 2 is 2.55 bits per heavy atom. The molecular weight excluding hydrogens is 154 g/mol. The molecule has 1 nitrogen and oxygen atoms in total. The minimum absolute atomic E-state index is 0.908. The summed E-state index contributed by atoms with van der Waals surface area (Å²) in [5.41, 5.74) is 0. The summed E-state index contributed by atoms with van der Waals surface area (Å²) in [6.07, 6.45) is 3.01. The van der Waals surface area contributed by atoms with Gasteiger partial charge in [0.15, 0.2) is 0 Å². The lowest BCUT2D eigenvalue weighted by atomic mass is 10.3. The van der Waals surface area contributed by atoms with E-state index in [1.807, 2.05) is 17.4 Å². The Hall–Kier alpha value is -0.600. The molecular formula is C9H13NS. The largest absolute Gasteiger partial charge is 0.313 e. The van der Waals surface area contributed by atoms with Crippen LogP contribution in [0.25, 0.3) is 0 Å². The summed E-state index contributed by atoms with van der Waals surface area (Å²) in [7, 11) is 0. The molecule has 0 saturated heterocycles. The zero-order chi connectivity index (χ0) is 7.94. The Bertz CT molecular complexity index is 191. The van der Waals surface area contributed by atoms with Gasteiger partial charge in [0.05, 0.1) is 0 Å². The van der Waals surface area contributed by atoms with Gasteiger partial charge in [-0.3, -0.25) is 0 Å². The summed E-state index contributed by atoms with van der Waals surface area (Å²) in [4.78, 5) is 1.45. The van der Waals surface area contributed by atoms with Crippen molar-refractivity contribution >= 4 is 11.3 Å². The van der Waals surface area contributed by atoms with Crippen LogP contribution in [-0.2, 0) is 6.42 Å². The molecule has 0 aliphatic heterocycles. The first-order valence-electron chi connectivity index (χ1n) is 3.77. The van der Waals surface area contributed by atoms with Gasteiger partial charge < -0.3 is 5.32 Å². The Balaban J connectivity index is 2.09. The molecule has 0 radical (unpaired) electrons. The lowest BCUT2D eigenvalue weighted by Crippen LogP contribution is -2.16. The zero-order valence-corrected chi connectivity index (χ0v) is 7.36. The highest BCUT2D eigenvalue weighted by Gasteiger charge is 1.90. The van der Waals surface area contributed by atoms with Crippen molar-refractivity contribution in [2.75, 3.05) is 13.1 Å². The minimum atomic E-state index is 0.908. The van der Waals surface area contributed by atoms with Crippen LogP contribution in [0.1, 0.15) is 4.88 Å². The SMILES string of the molecule is C=CCNCCc1cccs1. The van der Waals surface area contributed by atoms with Crippen molar-refractivity contribution in [1.29, 1.82) is 0 Å². The third kappa shape index (κ3) is 3.35. The molecule has 0 saturated carbocycles. The van der Waals surface area contributed by atoms with Crippen molar-refractivity contribution in [2.24, 2.45) is 0 Å². The van der Waals surface area contributed by atoms with Gasteiger partial charge in [0, 0.05) is 18.0 Å². The highest BCUT2D eigenvalue weighted by atomic mass is 32.1. The van der Waals surface area contributed by atoms with E-state index in [1.54, 1.807) is 0 Å². The normalized spacial score (nSPS) is 9.82. The van der Waals surface area contributed by atoms with Crippen molar-refractivity contribution in [1.82, 2.24) is 5.32 Å². The van der Waals surface area contributed by atoms with Gasteiger partial charge in [0.25, 0.3) is 0 Å². The predicted molar refractivity (Wildman–Crippen MR) is 51.1 cm³/mol. The second-order valence-corrected chi connectivity index (χ2v) is 3.35. The van der Waals surface area contributed by atoms with E-state index in [2.05, 4.69) is 29.4 Å². The maximum Gasteiger partial charge on any atom is 0.0132 e. The van der Waals surface area contributed by atoms with Gasteiger partial charge in [0.2, 0.25) is 0 Å². The summed E-state index contributed by atoms with van der Waals surface area (Å²) in [5.74, 6) is 0. The van der Waals surface area contributed by atoms with Crippen LogP contribution in [0.3, 0.4) is 0 Å². The summed E-state index contributed by atoms with van der Waals surface area (Å²) in [6, 6.07) is 4.26. The molecule has 60 valence electrons. The number of rotatable bonds is 5. The summed E-state index contributed by atoms with van der Waals surface area (Å²) in [5, 5.41) is 5.38. The van der Waals surface area contributed by atoms with E-state index >= 15 is 0 Å². The van der Waals surface area contributed by atoms with E-state index < -0.39 is 0 Å². The molecule has 11 heavy (non-hydrogen) atoms. The predicted octanol–water partition coefficient (Wildman–Crippen LogP) is 2.07. The van der Waals surface area contributed by atoms with E-state index in [0.29, 0.717) is 0 Å². The van der Waals surface area contributed by atoms with Crippen LogP contribution in [0, 0.1) is 0 Å². The Kier molecular flexibility index (Phi) is 3.94. The second kappa shape index (κ2) is 5.10. The summed E-state index contributed by atoms with van der Waals surface area (Å²) >= 11 is 1.82. The van der Waals surface area contributed by atoms with Crippen molar-refractivity contribution in [3.8, 4) is 0 Å². The summed E-state index contributed by atoms with van der Waals surface area (Å²) < 4.78 is 0. The maximum atomic E-state index is 3.64. The Labute approximate surface area is 71.8 Å². The number of thiophene rings is 1. The maximum absolute atomic E-state index is 3.64. The lowest BCUT2D eigenvalue weighted by Gasteiger charge is -1.97. The first-order chi connectivity index (χ1) is 5.43. The first kappa shape index (κ1) is 8.50. The monoisotopic (exact) mass is 167 g/mol. The van der Waals surface area contributed by atoms with Gasteiger partial charge in [-0.05, 0) is 17.9 Å². The number of hydrogen-bond acceptors (Lipinski definition) is 2. The lowest BCUT2D eigenvalue weighted by molar-refractivity contribution is 0.750. The fourth-order valence-corrected chi connectivity index (χ4v) is 1.58. The van der Waals surface area contributed by atoms with Gasteiger partial charge >= 0.3 is 0 Å². The molecule has 2 heteroatoms. The van der Waals surface area contributed by atoms with E-state index in [0.717, 1.165) is 19.5 Å². The number of hydrogen-bond donors (Lipinski definition) is 1. The third-order valence-electron chi connectivity index (χ3n) is 1.42. The van der Waals surface area contributed by atoms with Crippen molar-refractivity contribution < 1.29 is 0 Å². The van der Waals surface area contributed by atoms with E-state index in [9.17, 15) is 0 Å². The van der Waals surface area contributed by atoms with Gasteiger partial charge in [0.1, 0.15) is 0 Å². The molecule has 0 aliphatic carbocycles. The van der Waals surface area contributed by atoms with Gasteiger partial charge in [-0.2, -0.15) is 0 Å². The molecule has 1 rings (SSSR count). The minimum Gasteiger partial charge on any atom is -0.313 e. The molecule has 0 bridgehead atoms. The van der Waals surface area contributed by atoms with Gasteiger partial charge in [-0.15, -0.1) is 17.9 Å². The molecule has 0 spiro atoms. The molecule has 0 fully saturated rings. The average molecular weight is 167 g/mol. The Morgan fingerprint density at radius 3 is 3.18 bits per heavy atom. The standard InChI is InChI=1S/C9H13NS/c1-2-6-10-7-5-9-4-3-8-11-9/h2-4,8,10H,1,5-7H2. The quantitative estimate of drug-likeness (QED) is 0.523. The second-order valence-electron chi connectivity index (χ2n) is 2.32. The molecule has 1 aromatic rings. The van der Waals surface area contributed by atoms with E-state index in [1.165, 1.54) is 4.88 Å². The van der Waals surface area contributed by atoms with Crippen LogP contribution >= 0.6 is 11.3 Å². The van der Waals surface area contributed by atoms with Crippen molar-refractivity contribution in [3.05, 3.63) is 35.0 Å².